The van der Waals surface area contributed by atoms with Gasteiger partial charge in [-0.3, -0.25) is 9.80 Å². The quantitative estimate of drug-likeness (QED) is 0.242. The van der Waals surface area contributed by atoms with Crippen LogP contribution in [0, 0.1) is 0 Å². The van der Waals surface area contributed by atoms with Crippen molar-refractivity contribution in [2.75, 3.05) is 108 Å². The van der Waals surface area contributed by atoms with Crippen molar-refractivity contribution in [3.63, 3.8) is 0 Å². The van der Waals surface area contributed by atoms with Crippen LogP contribution >= 0.6 is 0 Å². The molecule has 0 radical (unpaired) electrons. The van der Waals surface area contributed by atoms with E-state index in [4.69, 9.17) is 28.4 Å². The molecule has 10 heteroatoms. The topological polar surface area (TPSA) is 68.3 Å². The molecule has 246 valence electrons. The summed E-state index contributed by atoms with van der Waals surface area (Å²) in [6, 6.07) is 8.10. The van der Waals surface area contributed by atoms with Gasteiger partial charge in [-0.2, -0.15) is 0 Å². The van der Waals surface area contributed by atoms with Crippen LogP contribution in [0.25, 0.3) is 0 Å². The molecule has 2 aromatic rings. The average Bonchev–Trinajstić information content (AvgIpc) is 3.07. The number of methoxy groups -OCH3 is 6. The van der Waals surface area contributed by atoms with Crippen molar-refractivity contribution >= 4 is 0 Å². The Labute approximate surface area is 264 Å². The number of piperazine rings is 2. The summed E-state index contributed by atoms with van der Waals surface area (Å²) in [4.78, 5) is 10.2. The Balaban J connectivity index is 1.08. The number of rotatable bonds is 17. The first-order valence-electron chi connectivity index (χ1n) is 16.0. The standard InChI is InChI=1S/C34H54N4O6/c1-39-29-13-11-27(31(41-3)33(29)43-5)25-37-21-17-35(18-22-37)15-9-7-8-10-16-36-19-23-38(24-20-36)26-28-12-14-30(40-2)34(44-6)32(28)42-4/h11-14H,7-10,15-26H2,1-6H3. The predicted molar refractivity (Wildman–Crippen MR) is 174 cm³/mol. The van der Waals surface area contributed by atoms with Crippen LogP contribution in [0.1, 0.15) is 36.8 Å². The first kappa shape index (κ1) is 34.0. The minimum Gasteiger partial charge on any atom is -0.493 e. The molecule has 44 heavy (non-hydrogen) atoms. The van der Waals surface area contributed by atoms with E-state index < -0.39 is 0 Å². The zero-order valence-electron chi connectivity index (χ0n) is 27.9. The lowest BCUT2D eigenvalue weighted by atomic mass is 10.1. The summed E-state index contributed by atoms with van der Waals surface area (Å²) in [5.74, 6) is 4.27. The maximum atomic E-state index is 5.69. The Morgan fingerprint density at radius 1 is 0.409 bits per heavy atom. The second-order valence-electron chi connectivity index (χ2n) is 11.6. The van der Waals surface area contributed by atoms with E-state index in [1.807, 2.05) is 12.1 Å². The molecule has 0 bridgehead atoms. The van der Waals surface area contributed by atoms with Crippen molar-refractivity contribution in [2.24, 2.45) is 0 Å². The summed E-state index contributed by atoms with van der Waals surface area (Å²) < 4.78 is 33.4. The van der Waals surface area contributed by atoms with E-state index in [0.29, 0.717) is 23.0 Å². The Bertz CT molecular complexity index is 1060. The molecule has 0 aromatic heterocycles. The number of benzene rings is 2. The highest BCUT2D eigenvalue weighted by molar-refractivity contribution is 5.56. The van der Waals surface area contributed by atoms with Crippen LogP contribution in [0.5, 0.6) is 34.5 Å². The van der Waals surface area contributed by atoms with Gasteiger partial charge in [-0.15, -0.1) is 0 Å². The summed E-state index contributed by atoms with van der Waals surface area (Å²) in [6.07, 6.45) is 5.18. The van der Waals surface area contributed by atoms with Gasteiger partial charge in [0.1, 0.15) is 0 Å². The molecule has 0 saturated carbocycles. The Morgan fingerprint density at radius 2 is 0.750 bits per heavy atom. The molecule has 0 N–H and O–H groups in total. The summed E-state index contributed by atoms with van der Waals surface area (Å²) >= 11 is 0. The molecule has 0 spiro atoms. The fourth-order valence-corrected chi connectivity index (χ4v) is 6.42. The SMILES string of the molecule is COc1ccc(CN2CCN(CCCCCCN3CCN(Cc4ccc(OC)c(OC)c4OC)CC3)CC2)c(OC)c1OC. The molecule has 10 nitrogen and oxygen atoms in total. The van der Waals surface area contributed by atoms with Crippen molar-refractivity contribution < 1.29 is 28.4 Å². The number of unbranched alkanes of at least 4 members (excludes halogenated alkanes) is 3. The van der Waals surface area contributed by atoms with Crippen molar-refractivity contribution in [3.8, 4) is 34.5 Å². The number of hydrogen-bond donors (Lipinski definition) is 0. The van der Waals surface area contributed by atoms with Crippen LogP contribution in [0.4, 0.5) is 0 Å². The van der Waals surface area contributed by atoms with Gasteiger partial charge in [-0.1, -0.05) is 25.0 Å². The molecule has 0 amide bonds. The average molecular weight is 615 g/mol. The molecule has 4 rings (SSSR count). The molecule has 0 atom stereocenters. The van der Waals surface area contributed by atoms with E-state index in [0.717, 1.165) is 88.1 Å². The molecule has 2 aliphatic heterocycles. The lowest BCUT2D eigenvalue weighted by Gasteiger charge is -2.35. The molecule has 2 aromatic carbocycles. The third kappa shape index (κ3) is 8.84. The number of ether oxygens (including phenoxy) is 6. The molecule has 2 aliphatic rings. The third-order valence-electron chi connectivity index (χ3n) is 8.99. The Morgan fingerprint density at radius 3 is 1.07 bits per heavy atom. The zero-order valence-corrected chi connectivity index (χ0v) is 27.9. The molecule has 2 fully saturated rings. The van der Waals surface area contributed by atoms with Gasteiger partial charge < -0.3 is 38.2 Å². The van der Waals surface area contributed by atoms with Crippen LogP contribution in [-0.4, -0.2) is 128 Å². The maximum Gasteiger partial charge on any atom is 0.203 e. The van der Waals surface area contributed by atoms with Gasteiger partial charge in [0.2, 0.25) is 11.5 Å². The molecular weight excluding hydrogens is 560 g/mol. The van der Waals surface area contributed by atoms with Crippen molar-refractivity contribution in [2.45, 2.75) is 38.8 Å². The van der Waals surface area contributed by atoms with E-state index in [1.54, 1.807) is 42.7 Å². The van der Waals surface area contributed by atoms with Gasteiger partial charge in [0.05, 0.1) is 42.7 Å². The van der Waals surface area contributed by atoms with E-state index in [1.165, 1.54) is 38.8 Å². The minimum atomic E-state index is 0.667. The van der Waals surface area contributed by atoms with Crippen LogP contribution in [0.3, 0.4) is 0 Å². The highest BCUT2D eigenvalue weighted by Crippen LogP contribution is 2.41. The van der Waals surface area contributed by atoms with Crippen molar-refractivity contribution in [1.29, 1.82) is 0 Å². The van der Waals surface area contributed by atoms with E-state index in [9.17, 15) is 0 Å². The Kier molecular flexibility index (Phi) is 13.5. The number of hydrogen-bond acceptors (Lipinski definition) is 10. The second-order valence-corrected chi connectivity index (χ2v) is 11.6. The van der Waals surface area contributed by atoms with Gasteiger partial charge in [-0.05, 0) is 38.1 Å². The molecule has 0 unspecified atom stereocenters. The van der Waals surface area contributed by atoms with E-state index in [-0.39, 0.29) is 0 Å². The van der Waals surface area contributed by atoms with Gasteiger partial charge in [-0.25, -0.2) is 0 Å². The van der Waals surface area contributed by atoms with Gasteiger partial charge in [0.25, 0.3) is 0 Å². The zero-order chi connectivity index (χ0) is 31.3. The van der Waals surface area contributed by atoms with Crippen LogP contribution in [-0.2, 0) is 13.1 Å². The first-order valence-corrected chi connectivity index (χ1v) is 16.0. The summed E-state index contributed by atoms with van der Waals surface area (Å²) in [5, 5.41) is 0. The van der Waals surface area contributed by atoms with E-state index >= 15 is 0 Å². The first-order chi connectivity index (χ1) is 21.5. The van der Waals surface area contributed by atoms with Crippen LogP contribution in [0.2, 0.25) is 0 Å². The van der Waals surface area contributed by atoms with Crippen LogP contribution in [0.15, 0.2) is 24.3 Å². The normalized spacial score (nSPS) is 17.0. The summed E-state index contributed by atoms with van der Waals surface area (Å²) in [5.41, 5.74) is 2.27. The maximum absolute atomic E-state index is 5.69. The molecule has 2 saturated heterocycles. The predicted octanol–water partition coefficient (Wildman–Crippen LogP) is 4.23. The second kappa shape index (κ2) is 17.5. The largest absolute Gasteiger partial charge is 0.493 e. The highest BCUT2D eigenvalue weighted by Gasteiger charge is 2.23. The van der Waals surface area contributed by atoms with Crippen molar-refractivity contribution in [1.82, 2.24) is 19.6 Å². The summed E-state index contributed by atoms with van der Waals surface area (Å²) in [6.45, 7) is 12.9. The lowest BCUT2D eigenvalue weighted by Crippen LogP contribution is -2.46. The number of nitrogens with zero attached hydrogens (tertiary/aromatic N) is 4. The van der Waals surface area contributed by atoms with Gasteiger partial charge in [0, 0.05) is 76.6 Å². The molecular formula is C34H54N4O6. The van der Waals surface area contributed by atoms with Crippen molar-refractivity contribution in [3.05, 3.63) is 35.4 Å². The lowest BCUT2D eigenvalue weighted by molar-refractivity contribution is 0.121. The van der Waals surface area contributed by atoms with Gasteiger partial charge in [0.15, 0.2) is 23.0 Å². The van der Waals surface area contributed by atoms with E-state index in [2.05, 4.69) is 31.7 Å². The smallest absolute Gasteiger partial charge is 0.203 e. The van der Waals surface area contributed by atoms with Crippen LogP contribution < -0.4 is 28.4 Å². The fourth-order valence-electron chi connectivity index (χ4n) is 6.42. The molecule has 2 heterocycles. The monoisotopic (exact) mass is 614 g/mol. The fraction of sp³-hybridized carbons (Fsp3) is 0.647. The van der Waals surface area contributed by atoms with Gasteiger partial charge >= 0.3 is 0 Å². The molecule has 0 aliphatic carbocycles. The summed E-state index contributed by atoms with van der Waals surface area (Å²) in [7, 11) is 10.0. The third-order valence-corrected chi connectivity index (χ3v) is 8.99. The Hall–Kier alpha value is -2.92. The minimum absolute atomic E-state index is 0.667. The highest BCUT2D eigenvalue weighted by atomic mass is 16.5.